The third-order valence-corrected chi connectivity index (χ3v) is 3.52. The van der Waals surface area contributed by atoms with E-state index in [2.05, 4.69) is 5.32 Å². The Morgan fingerprint density at radius 2 is 2.10 bits per heavy atom. The van der Waals surface area contributed by atoms with Gasteiger partial charge in [-0.15, -0.1) is 0 Å². The molecule has 1 aromatic heterocycles. The molecule has 1 aliphatic heterocycles. The Morgan fingerprint density at radius 1 is 1.40 bits per heavy atom. The Labute approximate surface area is 117 Å². The van der Waals surface area contributed by atoms with Crippen LogP contribution in [0.25, 0.3) is 0 Å². The van der Waals surface area contributed by atoms with Crippen molar-refractivity contribution in [3.05, 3.63) is 23.2 Å². The average Bonchev–Trinajstić information content (AvgIpc) is 3.04. The molecule has 0 unspecified atom stereocenters. The molecule has 0 aliphatic carbocycles. The number of nitrogens with one attached hydrogen (secondary N) is 1. The lowest BCUT2D eigenvalue weighted by Gasteiger charge is -2.15. The number of carbonyl (C=O) groups excluding carboxylic acids is 1. The molecule has 1 fully saturated rings. The molecule has 6 nitrogen and oxygen atoms in total. The SMILES string of the molecule is Cc1oc(C(=O)O)cc1CNCCC(=O)N1CCCC1. The summed E-state index contributed by atoms with van der Waals surface area (Å²) in [6.45, 7) is 4.58. The fourth-order valence-electron chi connectivity index (χ4n) is 2.34. The second-order valence-corrected chi connectivity index (χ2v) is 5.01. The number of hydrogen-bond acceptors (Lipinski definition) is 4. The van der Waals surface area contributed by atoms with Crippen LogP contribution in [-0.4, -0.2) is 41.5 Å². The lowest BCUT2D eigenvalue weighted by Crippen LogP contribution is -2.30. The van der Waals surface area contributed by atoms with Gasteiger partial charge in [-0.1, -0.05) is 0 Å². The van der Waals surface area contributed by atoms with Crippen LogP contribution in [0.2, 0.25) is 0 Å². The largest absolute Gasteiger partial charge is 0.475 e. The van der Waals surface area contributed by atoms with Crippen LogP contribution in [0.5, 0.6) is 0 Å². The number of hydrogen-bond donors (Lipinski definition) is 2. The number of likely N-dealkylation sites (tertiary alicyclic amines) is 1. The minimum absolute atomic E-state index is 0.0487. The highest BCUT2D eigenvalue weighted by Crippen LogP contribution is 2.14. The maximum absolute atomic E-state index is 11.8. The molecule has 0 aromatic carbocycles. The van der Waals surface area contributed by atoms with E-state index in [1.54, 1.807) is 6.92 Å². The normalized spacial score (nSPS) is 14.8. The summed E-state index contributed by atoms with van der Waals surface area (Å²) in [5.74, 6) is -0.332. The monoisotopic (exact) mass is 280 g/mol. The highest BCUT2D eigenvalue weighted by atomic mass is 16.4. The second-order valence-electron chi connectivity index (χ2n) is 5.01. The molecule has 0 bridgehead atoms. The maximum atomic E-state index is 11.8. The molecule has 110 valence electrons. The first-order chi connectivity index (χ1) is 9.58. The van der Waals surface area contributed by atoms with Crippen LogP contribution in [0.1, 0.15) is 41.1 Å². The number of rotatable bonds is 6. The van der Waals surface area contributed by atoms with Crippen molar-refractivity contribution in [2.45, 2.75) is 32.7 Å². The molecular weight excluding hydrogens is 260 g/mol. The zero-order valence-electron chi connectivity index (χ0n) is 11.6. The fourth-order valence-corrected chi connectivity index (χ4v) is 2.34. The summed E-state index contributed by atoms with van der Waals surface area (Å²) < 4.78 is 5.12. The van der Waals surface area contributed by atoms with E-state index in [0.717, 1.165) is 31.5 Å². The number of carboxylic acids is 1. The van der Waals surface area contributed by atoms with E-state index in [4.69, 9.17) is 9.52 Å². The van der Waals surface area contributed by atoms with E-state index in [-0.39, 0.29) is 11.7 Å². The van der Waals surface area contributed by atoms with E-state index in [0.29, 0.717) is 25.3 Å². The third kappa shape index (κ3) is 3.60. The first-order valence-corrected chi connectivity index (χ1v) is 6.89. The first kappa shape index (κ1) is 14.6. The van der Waals surface area contributed by atoms with Crippen molar-refractivity contribution in [1.29, 1.82) is 0 Å². The summed E-state index contributed by atoms with van der Waals surface area (Å²) in [6, 6.07) is 1.52. The predicted molar refractivity (Wildman–Crippen MR) is 72.5 cm³/mol. The summed E-state index contributed by atoms with van der Waals surface area (Å²) >= 11 is 0. The van der Waals surface area contributed by atoms with Crippen LogP contribution in [0.3, 0.4) is 0 Å². The maximum Gasteiger partial charge on any atom is 0.371 e. The Bertz CT molecular complexity index is 489. The van der Waals surface area contributed by atoms with Gasteiger partial charge in [0.25, 0.3) is 0 Å². The third-order valence-electron chi connectivity index (χ3n) is 3.52. The fraction of sp³-hybridized carbons (Fsp3) is 0.571. The van der Waals surface area contributed by atoms with Crippen LogP contribution in [0, 0.1) is 6.92 Å². The van der Waals surface area contributed by atoms with E-state index in [1.807, 2.05) is 4.90 Å². The van der Waals surface area contributed by atoms with Gasteiger partial charge in [-0.05, 0) is 25.8 Å². The van der Waals surface area contributed by atoms with E-state index < -0.39 is 5.97 Å². The van der Waals surface area contributed by atoms with Gasteiger partial charge in [0.05, 0.1) is 0 Å². The first-order valence-electron chi connectivity index (χ1n) is 6.89. The van der Waals surface area contributed by atoms with Gasteiger partial charge in [-0.25, -0.2) is 4.79 Å². The van der Waals surface area contributed by atoms with Crippen LogP contribution < -0.4 is 5.32 Å². The average molecular weight is 280 g/mol. The van der Waals surface area contributed by atoms with E-state index in [1.165, 1.54) is 6.07 Å². The predicted octanol–water partition coefficient (Wildman–Crippen LogP) is 1.39. The number of furan rings is 1. The number of aryl methyl sites for hydroxylation is 1. The molecule has 20 heavy (non-hydrogen) atoms. The minimum Gasteiger partial charge on any atom is -0.475 e. The molecule has 2 N–H and O–H groups in total. The number of amides is 1. The molecule has 6 heteroatoms. The number of aromatic carboxylic acids is 1. The highest BCUT2D eigenvalue weighted by molar-refractivity contribution is 5.84. The standard InChI is InChI=1S/C14H20N2O4/c1-10-11(8-12(20-10)14(18)19)9-15-5-4-13(17)16-6-2-3-7-16/h8,15H,2-7,9H2,1H3,(H,18,19). The van der Waals surface area contributed by atoms with Crippen LogP contribution in [-0.2, 0) is 11.3 Å². The lowest BCUT2D eigenvalue weighted by atomic mass is 10.2. The van der Waals surface area contributed by atoms with Gasteiger partial charge in [-0.3, -0.25) is 4.79 Å². The number of nitrogens with zero attached hydrogens (tertiary/aromatic N) is 1. The van der Waals surface area contributed by atoms with Gasteiger partial charge in [0, 0.05) is 38.2 Å². The van der Waals surface area contributed by atoms with Crippen LogP contribution in [0.15, 0.2) is 10.5 Å². The van der Waals surface area contributed by atoms with Crippen molar-refractivity contribution in [3.63, 3.8) is 0 Å². The summed E-state index contributed by atoms with van der Waals surface area (Å²) in [6.07, 6.45) is 2.68. The van der Waals surface area contributed by atoms with Gasteiger partial charge < -0.3 is 19.7 Å². The smallest absolute Gasteiger partial charge is 0.371 e. The zero-order valence-corrected chi connectivity index (χ0v) is 11.6. The summed E-state index contributed by atoms with van der Waals surface area (Å²) in [5, 5.41) is 12.0. The Morgan fingerprint density at radius 3 is 2.70 bits per heavy atom. The second kappa shape index (κ2) is 6.56. The Hall–Kier alpha value is -1.82. The molecule has 0 radical (unpaired) electrons. The van der Waals surface area contributed by atoms with Crippen LogP contribution >= 0.6 is 0 Å². The van der Waals surface area contributed by atoms with E-state index >= 15 is 0 Å². The Kier molecular flexibility index (Phi) is 4.79. The molecule has 1 aromatic rings. The van der Waals surface area contributed by atoms with Crippen molar-refractivity contribution in [3.8, 4) is 0 Å². The van der Waals surface area contributed by atoms with Gasteiger partial charge >= 0.3 is 5.97 Å². The summed E-state index contributed by atoms with van der Waals surface area (Å²) in [7, 11) is 0. The molecule has 0 spiro atoms. The molecule has 2 rings (SSSR count). The van der Waals surface area contributed by atoms with E-state index in [9.17, 15) is 9.59 Å². The number of carbonyl (C=O) groups is 2. The minimum atomic E-state index is -1.07. The van der Waals surface area contributed by atoms with Crippen molar-refractivity contribution in [2.75, 3.05) is 19.6 Å². The lowest BCUT2D eigenvalue weighted by molar-refractivity contribution is -0.130. The topological polar surface area (TPSA) is 82.8 Å². The zero-order chi connectivity index (χ0) is 14.5. The summed E-state index contributed by atoms with van der Waals surface area (Å²) in [5.41, 5.74) is 0.816. The number of carboxylic acid groups (broad SMARTS) is 1. The van der Waals surface area contributed by atoms with Crippen molar-refractivity contribution in [1.82, 2.24) is 10.2 Å². The highest BCUT2D eigenvalue weighted by Gasteiger charge is 2.17. The molecular formula is C14H20N2O4. The summed E-state index contributed by atoms with van der Waals surface area (Å²) in [4.78, 5) is 24.5. The van der Waals surface area contributed by atoms with Gasteiger partial charge in [0.2, 0.25) is 11.7 Å². The van der Waals surface area contributed by atoms with Crippen molar-refractivity contribution >= 4 is 11.9 Å². The molecule has 1 saturated heterocycles. The molecule has 0 saturated carbocycles. The van der Waals surface area contributed by atoms with Crippen LogP contribution in [0.4, 0.5) is 0 Å². The van der Waals surface area contributed by atoms with Crippen molar-refractivity contribution in [2.24, 2.45) is 0 Å². The molecule has 2 heterocycles. The molecule has 1 amide bonds. The quantitative estimate of drug-likeness (QED) is 0.769. The van der Waals surface area contributed by atoms with Gasteiger partial charge in [0.1, 0.15) is 5.76 Å². The van der Waals surface area contributed by atoms with Crippen molar-refractivity contribution < 1.29 is 19.1 Å². The van der Waals surface area contributed by atoms with Gasteiger partial charge in [0.15, 0.2) is 0 Å². The Balaban J connectivity index is 1.73. The molecule has 0 atom stereocenters. The van der Waals surface area contributed by atoms with Gasteiger partial charge in [-0.2, -0.15) is 0 Å². The molecule has 1 aliphatic rings.